The second-order valence-corrected chi connectivity index (χ2v) is 7.56. The maximum absolute atomic E-state index is 6.21. The van der Waals surface area contributed by atoms with Gasteiger partial charge in [-0.05, 0) is 73.7 Å². The van der Waals surface area contributed by atoms with Crippen molar-refractivity contribution in [3.8, 4) is 33.8 Å². The van der Waals surface area contributed by atoms with Crippen molar-refractivity contribution in [3.63, 3.8) is 0 Å². The lowest BCUT2D eigenvalue weighted by Crippen LogP contribution is -2.16. The summed E-state index contributed by atoms with van der Waals surface area (Å²) >= 11 is 0. The Morgan fingerprint density at radius 3 is 1.91 bits per heavy atom. The molecule has 161 valence electrons. The predicted molar refractivity (Wildman–Crippen MR) is 128 cm³/mol. The van der Waals surface area contributed by atoms with Crippen molar-refractivity contribution in [2.75, 3.05) is 6.61 Å². The van der Waals surface area contributed by atoms with Crippen LogP contribution in [-0.4, -0.2) is 22.7 Å². The van der Waals surface area contributed by atoms with Crippen LogP contribution < -0.4 is 9.47 Å². The molecule has 2 heterocycles. The van der Waals surface area contributed by atoms with Crippen LogP contribution in [0.25, 0.3) is 22.3 Å². The molecule has 1 radical (unpaired) electrons. The van der Waals surface area contributed by atoms with E-state index in [9.17, 15) is 0 Å². The number of hydrogen-bond acceptors (Lipinski definition) is 4. The summed E-state index contributed by atoms with van der Waals surface area (Å²) in [5, 5.41) is 0. The van der Waals surface area contributed by atoms with Crippen LogP contribution in [0.1, 0.15) is 19.3 Å². The fraction of sp³-hybridized carbons (Fsp3) is 0.179. The number of nitrogens with zero attached hydrogens (tertiary/aromatic N) is 2. The van der Waals surface area contributed by atoms with E-state index >= 15 is 0 Å². The monoisotopic (exact) mass is 423 g/mol. The van der Waals surface area contributed by atoms with Crippen molar-refractivity contribution in [3.05, 3.63) is 105 Å². The predicted octanol–water partition coefficient (Wildman–Crippen LogP) is 6.64. The molecule has 0 fully saturated rings. The first-order valence-electron chi connectivity index (χ1n) is 10.9. The van der Waals surface area contributed by atoms with Gasteiger partial charge in [-0.3, -0.25) is 9.97 Å². The number of hydrogen-bond donors (Lipinski definition) is 0. The Morgan fingerprint density at radius 1 is 0.719 bits per heavy atom. The third-order valence-electron chi connectivity index (χ3n) is 5.22. The average Bonchev–Trinajstić information content (AvgIpc) is 2.87. The lowest BCUT2D eigenvalue weighted by Gasteiger charge is -2.18. The molecule has 1 unspecified atom stereocenters. The Hall–Kier alpha value is -3.66. The van der Waals surface area contributed by atoms with Crippen LogP contribution in [0.2, 0.25) is 0 Å². The first-order valence-corrected chi connectivity index (χ1v) is 10.9. The average molecular weight is 424 g/mol. The highest BCUT2D eigenvalue weighted by molar-refractivity contribution is 5.64. The van der Waals surface area contributed by atoms with Crippen molar-refractivity contribution >= 4 is 0 Å². The zero-order valence-corrected chi connectivity index (χ0v) is 18.1. The van der Waals surface area contributed by atoms with Gasteiger partial charge in [0.25, 0.3) is 0 Å². The van der Waals surface area contributed by atoms with Gasteiger partial charge in [-0.2, -0.15) is 0 Å². The number of rotatable bonds is 10. The molecule has 2 aromatic heterocycles. The molecule has 2 aromatic carbocycles. The van der Waals surface area contributed by atoms with Crippen molar-refractivity contribution in [2.45, 2.75) is 25.4 Å². The minimum absolute atomic E-state index is 0.0458. The van der Waals surface area contributed by atoms with Crippen LogP contribution in [0.15, 0.2) is 97.6 Å². The van der Waals surface area contributed by atoms with Gasteiger partial charge in [0.1, 0.15) is 11.5 Å². The van der Waals surface area contributed by atoms with Gasteiger partial charge < -0.3 is 9.47 Å². The Labute approximate surface area is 189 Å². The normalized spacial score (nSPS) is 11.7. The lowest BCUT2D eigenvalue weighted by atomic mass is 10.1. The zero-order chi connectivity index (χ0) is 22.0. The van der Waals surface area contributed by atoms with Crippen molar-refractivity contribution in [2.24, 2.45) is 0 Å². The molecule has 0 saturated carbocycles. The van der Waals surface area contributed by atoms with E-state index in [1.165, 1.54) is 0 Å². The minimum Gasteiger partial charge on any atom is -0.494 e. The maximum Gasteiger partial charge on any atom is 0.120 e. The molecule has 4 rings (SSSR count). The van der Waals surface area contributed by atoms with E-state index in [4.69, 9.17) is 9.47 Å². The van der Waals surface area contributed by atoms with Crippen LogP contribution >= 0.6 is 0 Å². The van der Waals surface area contributed by atoms with Crippen molar-refractivity contribution < 1.29 is 9.47 Å². The molecule has 0 saturated heterocycles. The number of benzene rings is 2. The van der Waals surface area contributed by atoms with Gasteiger partial charge in [-0.15, -0.1) is 0 Å². The van der Waals surface area contributed by atoms with Gasteiger partial charge in [0.2, 0.25) is 0 Å². The molecule has 0 spiro atoms. The molecule has 0 aliphatic rings. The van der Waals surface area contributed by atoms with Crippen LogP contribution in [0.3, 0.4) is 0 Å². The lowest BCUT2D eigenvalue weighted by molar-refractivity contribution is 0.178. The van der Waals surface area contributed by atoms with E-state index in [-0.39, 0.29) is 6.10 Å². The highest BCUT2D eigenvalue weighted by Gasteiger charge is 2.10. The van der Waals surface area contributed by atoms with E-state index < -0.39 is 0 Å². The van der Waals surface area contributed by atoms with Crippen molar-refractivity contribution in [1.29, 1.82) is 0 Å². The quantitative estimate of drug-likeness (QED) is 0.268. The highest BCUT2D eigenvalue weighted by atomic mass is 16.5. The minimum atomic E-state index is 0.0458. The summed E-state index contributed by atoms with van der Waals surface area (Å²) in [6.45, 7) is 4.69. The van der Waals surface area contributed by atoms with Gasteiger partial charge in [-0.25, -0.2) is 0 Å². The summed E-state index contributed by atoms with van der Waals surface area (Å²) in [7, 11) is 0. The smallest absolute Gasteiger partial charge is 0.120 e. The summed E-state index contributed by atoms with van der Waals surface area (Å²) in [6, 6.07) is 24.2. The summed E-state index contributed by atoms with van der Waals surface area (Å²) in [5.74, 6) is 1.72. The van der Waals surface area contributed by atoms with Crippen LogP contribution in [0.5, 0.6) is 11.5 Å². The second-order valence-electron chi connectivity index (χ2n) is 7.56. The van der Waals surface area contributed by atoms with Crippen LogP contribution in [0, 0.1) is 6.92 Å². The molecule has 4 aromatic rings. The van der Waals surface area contributed by atoms with E-state index in [0.717, 1.165) is 46.6 Å². The van der Waals surface area contributed by atoms with Gasteiger partial charge in [-0.1, -0.05) is 36.4 Å². The Bertz CT molecular complexity index is 1100. The van der Waals surface area contributed by atoms with Gasteiger partial charge in [0, 0.05) is 35.9 Å². The Balaban J connectivity index is 1.29. The van der Waals surface area contributed by atoms with Crippen LogP contribution in [-0.2, 0) is 0 Å². The Morgan fingerprint density at radius 2 is 1.31 bits per heavy atom. The molecular weight excluding hydrogens is 396 g/mol. The van der Waals surface area contributed by atoms with Gasteiger partial charge >= 0.3 is 0 Å². The van der Waals surface area contributed by atoms with Crippen molar-refractivity contribution in [1.82, 2.24) is 9.97 Å². The van der Waals surface area contributed by atoms with E-state index in [0.29, 0.717) is 13.0 Å². The van der Waals surface area contributed by atoms with E-state index in [2.05, 4.69) is 41.2 Å². The second kappa shape index (κ2) is 11.1. The highest BCUT2D eigenvalue weighted by Crippen LogP contribution is 2.25. The number of aromatic nitrogens is 2. The molecule has 4 heteroatoms. The molecule has 4 nitrogen and oxygen atoms in total. The molecule has 0 amide bonds. The third kappa shape index (κ3) is 5.94. The topological polar surface area (TPSA) is 44.2 Å². The largest absolute Gasteiger partial charge is 0.494 e. The molecular formula is C28H27N2O2. The number of pyridine rings is 2. The third-order valence-corrected chi connectivity index (χ3v) is 5.22. The zero-order valence-electron chi connectivity index (χ0n) is 18.1. The SMILES string of the molecule is [CH2]CC(CCCOc1cccc(-c2cccnc2)c1)Oc1cccc(-c2cccnc2)c1. The summed E-state index contributed by atoms with van der Waals surface area (Å²) in [5.41, 5.74) is 4.35. The van der Waals surface area contributed by atoms with E-state index in [1.807, 2.05) is 60.9 Å². The summed E-state index contributed by atoms with van der Waals surface area (Å²) in [4.78, 5) is 8.39. The standard InChI is InChI=1S/C28H27N2O2/c1-2-26(32-28-13-4-9-23(19-28)25-11-6-16-30-21-25)14-7-17-31-27-12-3-8-22(18-27)24-10-5-15-29-20-24/h3-6,8-13,15-16,18-21,26H,1-2,7,14,17H2. The summed E-state index contributed by atoms with van der Waals surface area (Å²) < 4.78 is 12.2. The number of ether oxygens (including phenoxy) is 2. The first-order chi connectivity index (χ1) is 15.8. The van der Waals surface area contributed by atoms with Gasteiger partial charge in [0.15, 0.2) is 0 Å². The summed E-state index contributed by atoms with van der Waals surface area (Å²) in [6.07, 6.45) is 9.79. The molecule has 32 heavy (non-hydrogen) atoms. The molecule has 0 aliphatic carbocycles. The van der Waals surface area contributed by atoms with Gasteiger partial charge in [0.05, 0.1) is 12.7 Å². The van der Waals surface area contributed by atoms with E-state index in [1.54, 1.807) is 12.4 Å². The fourth-order valence-electron chi connectivity index (χ4n) is 3.54. The van der Waals surface area contributed by atoms with Crippen LogP contribution in [0.4, 0.5) is 0 Å². The fourth-order valence-corrected chi connectivity index (χ4v) is 3.54. The molecule has 1 atom stereocenters. The molecule has 0 N–H and O–H groups in total. The maximum atomic E-state index is 6.21. The molecule has 0 aliphatic heterocycles. The Kier molecular flexibility index (Phi) is 7.48. The first kappa shape index (κ1) is 21.6. The molecule has 0 bridgehead atoms.